The van der Waals surface area contributed by atoms with Crippen LogP contribution in [0.5, 0.6) is 0 Å². The predicted octanol–water partition coefficient (Wildman–Crippen LogP) is 2.63. The van der Waals surface area contributed by atoms with Crippen LogP contribution in [0.3, 0.4) is 0 Å². The van der Waals surface area contributed by atoms with Gasteiger partial charge in [0.1, 0.15) is 19.8 Å². The van der Waals surface area contributed by atoms with Crippen LogP contribution in [-0.4, -0.2) is 148 Å². The summed E-state index contributed by atoms with van der Waals surface area (Å²) >= 11 is 4.32. The number of benzene rings is 3. The number of amides is 4. The number of fused-ring (bicyclic) bond motifs is 2. The van der Waals surface area contributed by atoms with Gasteiger partial charge in [0.2, 0.25) is 53.6 Å². The van der Waals surface area contributed by atoms with Gasteiger partial charge in [0.15, 0.2) is 28.1 Å². The number of hydrogen-bond donors (Lipinski definition) is 6. The summed E-state index contributed by atoms with van der Waals surface area (Å²) in [5.74, 6) is 7.22. The van der Waals surface area contributed by atoms with Crippen molar-refractivity contribution < 1.29 is 64.9 Å². The van der Waals surface area contributed by atoms with Gasteiger partial charge in [-0.1, -0.05) is 17.8 Å². The molecule has 0 spiro atoms. The SMILES string of the molecule is C#CCn1c(=O)n(C)c(=O)c2c1nc(S(C)(=O)=O)n2C.COCC(=O)Cc1cc(C#CCn2c(=O)n(C)c(=O)c3c2nc(S(C)(=O)=O)n3C)cc(NC(=O)C2CC2)c1.COCC(=O)Nc1cc(I)cc(NC(=O)C2CC2)c1.COCC(=O)O.Nc1cc(I)cc(NC(=O)C2CC2)c1. The first-order valence-electron chi connectivity index (χ1n) is 29.2. The molecule has 97 heavy (non-hydrogen) atoms. The zero-order valence-electron chi connectivity index (χ0n) is 54.1. The van der Waals surface area contributed by atoms with Gasteiger partial charge in [-0.25, -0.2) is 31.2 Å². The van der Waals surface area contributed by atoms with Crippen molar-refractivity contribution in [2.24, 2.45) is 45.9 Å². The molecule has 3 fully saturated rings. The number of aliphatic carboxylic acids is 1. The standard InChI is InChI=1S/C25H27N5O7S.C13H15IN2O3.C11H12N4O4S.C10H11IN2O.C3H6O3/c1-28-20-21(27-24(28)38(4,35)36)30(25(34)29(2)23(20)33)9-5-6-15-10-16(13-19(31)14-37-3)12-18(11-15)26-22(32)17-7-8-17;1-19-7-12(17)15-10-4-9(14)5-11(6-10)16-13(18)8-2-3-8;1-5-6-15-8-7(9(16)14(3)11(15)17)13(2)10(12-8)20(4,18)19;11-7-3-8(12)5-9(4-7)13-10(14)6-1-2-6;1-6-2-3(4)5/h10-12,17H,7-9,13-14H2,1-4H3,(H,26,32);4-6,8H,2-3,7H2,1H3,(H,15,17)(H,16,18);1H,6H2,2-4H3;3-6H,1-2,12H2,(H,13,14);2H2,1H3,(H,4,5). The van der Waals surface area contributed by atoms with Gasteiger partial charge in [-0.3, -0.25) is 51.8 Å². The van der Waals surface area contributed by atoms with E-state index < -0.39 is 48.1 Å². The largest absolute Gasteiger partial charge is 0.480 e. The molecule has 31 nitrogen and oxygen atoms in total. The maximum Gasteiger partial charge on any atom is 0.333 e. The summed E-state index contributed by atoms with van der Waals surface area (Å²) in [5, 5.41) is 18.5. The molecule has 4 aromatic heterocycles. The summed E-state index contributed by atoms with van der Waals surface area (Å²) in [4.78, 5) is 126. The second-order valence-electron chi connectivity index (χ2n) is 22.4. The third-order valence-corrected chi connectivity index (χ3v) is 17.3. The van der Waals surface area contributed by atoms with Gasteiger partial charge in [0.25, 0.3) is 11.1 Å². The first-order chi connectivity index (χ1) is 45.6. The van der Waals surface area contributed by atoms with E-state index in [2.05, 4.69) is 98.9 Å². The Labute approximate surface area is 582 Å². The van der Waals surface area contributed by atoms with Crippen LogP contribution >= 0.6 is 45.2 Å². The Morgan fingerprint density at radius 3 is 1.39 bits per heavy atom. The van der Waals surface area contributed by atoms with Crippen molar-refractivity contribution in [3.05, 3.63) is 115 Å². The number of anilines is 5. The van der Waals surface area contributed by atoms with Crippen LogP contribution in [-0.2, 0) is 110 Å². The van der Waals surface area contributed by atoms with E-state index >= 15 is 0 Å². The molecule has 7 N–H and O–H groups in total. The quantitative estimate of drug-likeness (QED) is 0.0385. The third-order valence-electron chi connectivity index (χ3n) is 14.0. The van der Waals surface area contributed by atoms with Crippen molar-refractivity contribution in [3.8, 4) is 24.2 Å². The number of carbonyl (C=O) groups is 6. The van der Waals surface area contributed by atoms with Crippen molar-refractivity contribution in [2.75, 3.05) is 80.7 Å². The fraction of sp³-hybridized carbons (Fsp3) is 0.387. The van der Waals surface area contributed by atoms with Gasteiger partial charge in [-0.05, 0) is 144 Å². The molecule has 4 heterocycles. The molecule has 35 heteroatoms. The number of carbonyl (C=O) groups excluding carboxylic acids is 5. The Morgan fingerprint density at radius 1 is 0.588 bits per heavy atom. The highest BCUT2D eigenvalue weighted by molar-refractivity contribution is 14.1. The molecule has 0 saturated heterocycles. The van der Waals surface area contributed by atoms with E-state index in [0.717, 1.165) is 91.3 Å². The Kier molecular flexibility index (Phi) is 26.9. The number of aromatic nitrogens is 8. The molecule has 0 radical (unpaired) electrons. The lowest BCUT2D eigenvalue weighted by Crippen LogP contribution is -2.38. The summed E-state index contributed by atoms with van der Waals surface area (Å²) in [6, 6.07) is 16.1. The second-order valence-corrected chi connectivity index (χ2v) is 28.7. The average Bonchev–Trinajstić information content (AvgIpc) is 1.61. The highest BCUT2D eigenvalue weighted by Gasteiger charge is 2.32. The molecule has 7 aromatic rings. The van der Waals surface area contributed by atoms with Crippen LogP contribution in [0.25, 0.3) is 22.3 Å². The fourth-order valence-electron chi connectivity index (χ4n) is 9.10. The Morgan fingerprint density at radius 2 is 1.00 bits per heavy atom. The number of rotatable bonds is 19. The van der Waals surface area contributed by atoms with Crippen LogP contribution in [0.1, 0.15) is 49.7 Å². The first kappa shape index (κ1) is 77.1. The van der Waals surface area contributed by atoms with Crippen LogP contribution in [0.2, 0.25) is 0 Å². The molecular weight excluding hydrogens is 1530 g/mol. The highest BCUT2D eigenvalue weighted by Crippen LogP contribution is 2.33. The Balaban J connectivity index is 0.000000213. The van der Waals surface area contributed by atoms with Crippen LogP contribution in [0, 0.1) is 49.1 Å². The van der Waals surface area contributed by atoms with Crippen LogP contribution < -0.4 is 49.5 Å². The molecular formula is C62H71I2N13O18S2. The summed E-state index contributed by atoms with van der Waals surface area (Å²) in [5.41, 5.74) is 7.34. The monoisotopic (exact) mass is 1600 g/mol. The molecule has 0 aliphatic heterocycles. The summed E-state index contributed by atoms with van der Waals surface area (Å²) in [7, 11) is 2.21. The second kappa shape index (κ2) is 33.9. The maximum absolute atomic E-state index is 12.9. The first-order valence-corrected chi connectivity index (χ1v) is 35.1. The van der Waals surface area contributed by atoms with Crippen molar-refractivity contribution in [1.29, 1.82) is 0 Å². The molecule has 3 aliphatic rings. The number of ether oxygens (including phenoxy) is 3. The predicted molar refractivity (Wildman–Crippen MR) is 376 cm³/mol. The lowest BCUT2D eigenvalue weighted by atomic mass is 10.0. The zero-order valence-corrected chi connectivity index (χ0v) is 60.1. The zero-order chi connectivity index (χ0) is 72.0. The number of carboxylic acids is 1. The maximum atomic E-state index is 12.9. The number of sulfone groups is 2. The van der Waals surface area contributed by atoms with E-state index in [1.54, 1.807) is 30.3 Å². The van der Waals surface area contributed by atoms with E-state index in [1.807, 2.05) is 24.3 Å². The van der Waals surface area contributed by atoms with E-state index in [-0.39, 0.29) is 119 Å². The Hall–Kier alpha value is -8.86. The van der Waals surface area contributed by atoms with E-state index in [4.69, 9.17) is 26.7 Å². The number of Topliss-reactive ketones (excluding diaryl/α,β-unsaturated/α-hetero) is 1. The van der Waals surface area contributed by atoms with Crippen LogP contribution in [0.15, 0.2) is 84.1 Å². The Bertz CT molecular complexity index is 4810. The molecule has 0 unspecified atom stereocenters. The number of nitrogen functional groups attached to an aromatic ring is 1. The number of ketones is 1. The van der Waals surface area contributed by atoms with Gasteiger partial charge < -0.3 is 55.5 Å². The molecule has 0 atom stereocenters. The van der Waals surface area contributed by atoms with Gasteiger partial charge in [0, 0.05) is 127 Å². The molecule has 4 amide bonds. The minimum Gasteiger partial charge on any atom is -0.480 e. The summed E-state index contributed by atoms with van der Waals surface area (Å²) in [6.45, 7) is -0.552. The molecule has 10 rings (SSSR count). The number of carboxylic acid groups (broad SMARTS) is 1. The minimum absolute atomic E-state index is 0.00917. The fourth-order valence-corrected chi connectivity index (χ4v) is 12.1. The number of methoxy groups -OCH3 is 3. The van der Waals surface area contributed by atoms with Crippen molar-refractivity contribution >= 4 is 151 Å². The number of nitrogens with one attached hydrogen (secondary N) is 4. The number of terminal acetylenes is 1. The molecule has 518 valence electrons. The molecule has 0 bridgehead atoms. The highest BCUT2D eigenvalue weighted by atomic mass is 127. The van der Waals surface area contributed by atoms with E-state index in [0.29, 0.717) is 33.9 Å². The summed E-state index contributed by atoms with van der Waals surface area (Å²) < 4.78 is 69.7. The average molecular weight is 1600 g/mol. The third kappa shape index (κ3) is 21.8. The number of nitrogens with two attached hydrogens (primary N) is 1. The number of hydrogen-bond acceptors (Lipinski definition) is 20. The number of imidazole rings is 2. The van der Waals surface area contributed by atoms with Gasteiger partial charge >= 0.3 is 17.3 Å². The lowest BCUT2D eigenvalue weighted by Gasteiger charge is -2.09. The minimum atomic E-state index is -3.77. The van der Waals surface area contributed by atoms with E-state index in [1.165, 1.54) is 49.5 Å². The van der Waals surface area contributed by atoms with Crippen molar-refractivity contribution in [1.82, 2.24) is 37.4 Å². The molecule has 3 saturated carbocycles. The van der Waals surface area contributed by atoms with Gasteiger partial charge in [-0.15, -0.1) is 6.42 Å². The van der Waals surface area contributed by atoms with Crippen molar-refractivity contribution in [2.45, 2.75) is 68.3 Å². The van der Waals surface area contributed by atoms with Gasteiger partial charge in [0.05, 0.1) is 13.1 Å². The number of halogens is 2. The smallest absolute Gasteiger partial charge is 0.333 e. The van der Waals surface area contributed by atoms with Gasteiger partial charge in [-0.2, -0.15) is 9.97 Å². The lowest BCUT2D eigenvalue weighted by molar-refractivity contribution is -0.141. The number of nitrogens with zero attached hydrogens (tertiary/aromatic N) is 8. The van der Waals surface area contributed by atoms with E-state index in [9.17, 15) is 64.8 Å². The topological polar surface area (TPSA) is 416 Å². The van der Waals surface area contributed by atoms with Crippen LogP contribution in [0.4, 0.5) is 28.4 Å². The number of aryl methyl sites for hydroxylation is 2. The summed E-state index contributed by atoms with van der Waals surface area (Å²) in [6.07, 6.45) is 12.8. The van der Waals surface area contributed by atoms with Crippen molar-refractivity contribution in [3.63, 3.8) is 0 Å². The molecule has 3 aliphatic carbocycles. The normalized spacial score (nSPS) is 13.1. The molecule has 3 aromatic carbocycles.